The van der Waals surface area contributed by atoms with Gasteiger partial charge in [0.05, 0.1) is 6.26 Å². The molecule has 2 N–H and O–H groups in total. The van der Waals surface area contributed by atoms with Crippen LogP contribution in [0.4, 0.5) is 0 Å². The Morgan fingerprint density at radius 1 is 1.27 bits per heavy atom. The minimum atomic E-state index is -3.19. The average molecular weight is 402 g/mol. The molecule has 0 aromatic heterocycles. The molecule has 0 radical (unpaired) electrons. The normalized spacial score (nSPS) is 21.4. The quantitative estimate of drug-likeness (QED) is 0.782. The van der Waals surface area contributed by atoms with Crippen LogP contribution in [-0.2, 0) is 16.4 Å². The van der Waals surface area contributed by atoms with Crippen molar-refractivity contribution >= 4 is 28.3 Å². The van der Waals surface area contributed by atoms with Crippen LogP contribution in [0.15, 0.2) is 24.3 Å². The van der Waals surface area contributed by atoms with Gasteiger partial charge in [-0.05, 0) is 62.4 Å². The molecule has 2 aliphatic rings. The molecule has 2 saturated heterocycles. The zero-order valence-corrected chi connectivity index (χ0v) is 16.7. The first-order valence-corrected chi connectivity index (χ1v) is 10.9. The van der Waals surface area contributed by atoms with Gasteiger partial charge in [0.1, 0.15) is 0 Å². The number of likely N-dealkylation sites (tertiary alicyclic amines) is 1. The summed E-state index contributed by atoms with van der Waals surface area (Å²) >= 11 is 0. The van der Waals surface area contributed by atoms with Gasteiger partial charge in [0, 0.05) is 24.7 Å². The molecule has 3 rings (SSSR count). The largest absolute Gasteiger partial charge is 0.339 e. The van der Waals surface area contributed by atoms with Crippen molar-refractivity contribution in [3.05, 3.63) is 35.4 Å². The molecule has 0 bridgehead atoms. The summed E-state index contributed by atoms with van der Waals surface area (Å²) in [6.45, 7) is 3.31. The molecule has 1 amide bonds. The summed E-state index contributed by atoms with van der Waals surface area (Å²) in [6.07, 6.45) is 4.70. The highest BCUT2D eigenvalue weighted by atomic mass is 35.5. The maximum absolute atomic E-state index is 12.8. The van der Waals surface area contributed by atoms with Crippen LogP contribution in [0.1, 0.15) is 35.2 Å². The highest BCUT2D eigenvalue weighted by Gasteiger charge is 2.25. The van der Waals surface area contributed by atoms with Crippen molar-refractivity contribution in [1.29, 1.82) is 0 Å². The van der Waals surface area contributed by atoms with E-state index in [0.29, 0.717) is 31.8 Å². The van der Waals surface area contributed by atoms with Crippen molar-refractivity contribution in [2.75, 3.05) is 32.4 Å². The Morgan fingerprint density at radius 2 is 2.00 bits per heavy atom. The topological polar surface area (TPSA) is 78.5 Å². The Hall–Kier alpha value is -1.15. The van der Waals surface area contributed by atoms with Crippen molar-refractivity contribution in [3.63, 3.8) is 0 Å². The second kappa shape index (κ2) is 9.17. The smallest absolute Gasteiger partial charge is 0.253 e. The van der Waals surface area contributed by atoms with Gasteiger partial charge in [0.15, 0.2) is 0 Å². The second-order valence-corrected chi connectivity index (χ2v) is 9.00. The number of carbonyl (C=O) groups is 1. The Balaban J connectivity index is 0.00000243. The Kier molecular flexibility index (Phi) is 7.46. The van der Waals surface area contributed by atoms with Gasteiger partial charge < -0.3 is 10.2 Å². The predicted molar refractivity (Wildman–Crippen MR) is 105 cm³/mol. The lowest BCUT2D eigenvalue weighted by Gasteiger charge is -2.32. The van der Waals surface area contributed by atoms with Crippen LogP contribution in [0.25, 0.3) is 0 Å². The van der Waals surface area contributed by atoms with Gasteiger partial charge in [0.25, 0.3) is 5.91 Å². The first-order valence-electron chi connectivity index (χ1n) is 8.97. The highest BCUT2D eigenvalue weighted by molar-refractivity contribution is 7.88. The number of halogens is 1. The standard InChI is InChI=1S/C18H27N3O3S.ClH/c1-25(23,24)20-17-6-9-21(10-7-17)18(22)16-4-2-3-14(12-16)11-15-5-8-19-13-15;/h2-4,12,15,17,19-20H,5-11,13H2,1H3;1H. The van der Waals surface area contributed by atoms with E-state index in [9.17, 15) is 13.2 Å². The SMILES string of the molecule is CS(=O)(=O)NC1CCN(C(=O)c2cccc(CC3CCNC3)c2)CC1.Cl. The molecule has 2 fully saturated rings. The van der Waals surface area contributed by atoms with Gasteiger partial charge in [-0.1, -0.05) is 12.1 Å². The van der Waals surface area contributed by atoms with Crippen LogP contribution in [0, 0.1) is 5.92 Å². The molecule has 2 heterocycles. The van der Waals surface area contributed by atoms with E-state index >= 15 is 0 Å². The van der Waals surface area contributed by atoms with E-state index in [1.807, 2.05) is 23.1 Å². The van der Waals surface area contributed by atoms with Gasteiger partial charge >= 0.3 is 0 Å². The fourth-order valence-corrected chi connectivity index (χ4v) is 4.58. The van der Waals surface area contributed by atoms with E-state index in [-0.39, 0.29) is 24.4 Å². The molecule has 2 aliphatic heterocycles. The molecule has 0 spiro atoms. The van der Waals surface area contributed by atoms with Gasteiger partial charge in [-0.15, -0.1) is 12.4 Å². The number of nitrogens with zero attached hydrogens (tertiary/aromatic N) is 1. The molecule has 26 heavy (non-hydrogen) atoms. The maximum Gasteiger partial charge on any atom is 0.253 e. The Labute approximate surface area is 162 Å². The van der Waals surface area contributed by atoms with Crippen LogP contribution >= 0.6 is 12.4 Å². The molecular weight excluding hydrogens is 374 g/mol. The van der Waals surface area contributed by atoms with Crippen molar-refractivity contribution < 1.29 is 13.2 Å². The highest BCUT2D eigenvalue weighted by Crippen LogP contribution is 2.19. The Bertz CT molecular complexity index is 712. The number of hydrogen-bond acceptors (Lipinski definition) is 4. The minimum Gasteiger partial charge on any atom is -0.339 e. The van der Waals surface area contributed by atoms with E-state index in [1.54, 1.807) is 0 Å². The number of sulfonamides is 1. The summed E-state index contributed by atoms with van der Waals surface area (Å²) < 4.78 is 25.3. The summed E-state index contributed by atoms with van der Waals surface area (Å²) in [4.78, 5) is 14.6. The fraction of sp³-hybridized carbons (Fsp3) is 0.611. The molecule has 6 nitrogen and oxygen atoms in total. The van der Waals surface area contributed by atoms with Crippen LogP contribution in [0.2, 0.25) is 0 Å². The molecule has 146 valence electrons. The third-order valence-corrected chi connectivity index (χ3v) is 5.79. The number of rotatable bonds is 5. The summed E-state index contributed by atoms with van der Waals surface area (Å²) in [5, 5.41) is 3.38. The predicted octanol–water partition coefficient (Wildman–Crippen LogP) is 1.41. The third-order valence-electron chi connectivity index (χ3n) is 5.02. The van der Waals surface area contributed by atoms with E-state index in [2.05, 4.69) is 16.1 Å². The molecular formula is C18H28ClN3O3S. The molecule has 1 unspecified atom stereocenters. The molecule has 1 atom stereocenters. The lowest BCUT2D eigenvalue weighted by Crippen LogP contribution is -2.46. The van der Waals surface area contributed by atoms with Crippen LogP contribution in [0.5, 0.6) is 0 Å². The van der Waals surface area contributed by atoms with E-state index in [4.69, 9.17) is 0 Å². The van der Waals surface area contributed by atoms with Crippen LogP contribution in [0.3, 0.4) is 0 Å². The number of benzene rings is 1. The summed E-state index contributed by atoms with van der Waals surface area (Å²) in [7, 11) is -3.19. The van der Waals surface area contributed by atoms with Crippen LogP contribution in [-0.4, -0.2) is 57.7 Å². The summed E-state index contributed by atoms with van der Waals surface area (Å²) in [6, 6.07) is 7.88. The molecule has 1 aromatic rings. The number of amides is 1. The van der Waals surface area contributed by atoms with Gasteiger partial charge in [-0.2, -0.15) is 0 Å². The number of carbonyl (C=O) groups excluding carboxylic acids is 1. The molecule has 1 aromatic carbocycles. The van der Waals surface area contributed by atoms with Gasteiger partial charge in [-0.25, -0.2) is 13.1 Å². The van der Waals surface area contributed by atoms with E-state index in [0.717, 1.165) is 25.1 Å². The lowest BCUT2D eigenvalue weighted by molar-refractivity contribution is 0.0711. The van der Waals surface area contributed by atoms with Crippen LogP contribution < -0.4 is 10.0 Å². The van der Waals surface area contributed by atoms with E-state index in [1.165, 1.54) is 18.2 Å². The maximum atomic E-state index is 12.8. The monoisotopic (exact) mass is 401 g/mol. The van der Waals surface area contributed by atoms with Crippen molar-refractivity contribution in [2.24, 2.45) is 5.92 Å². The number of hydrogen-bond donors (Lipinski definition) is 2. The number of nitrogens with one attached hydrogen (secondary N) is 2. The first-order chi connectivity index (χ1) is 11.9. The van der Waals surface area contributed by atoms with Gasteiger partial charge in [-0.3, -0.25) is 4.79 Å². The Morgan fingerprint density at radius 3 is 2.62 bits per heavy atom. The average Bonchev–Trinajstić information content (AvgIpc) is 3.07. The lowest BCUT2D eigenvalue weighted by atomic mass is 9.97. The number of piperidine rings is 1. The fourth-order valence-electron chi connectivity index (χ4n) is 3.74. The molecule has 0 aliphatic carbocycles. The van der Waals surface area contributed by atoms with Gasteiger partial charge in [0.2, 0.25) is 10.0 Å². The third kappa shape index (κ3) is 5.94. The molecule has 0 saturated carbocycles. The van der Waals surface area contributed by atoms with E-state index < -0.39 is 10.0 Å². The van der Waals surface area contributed by atoms with Crippen molar-refractivity contribution in [2.45, 2.75) is 31.7 Å². The van der Waals surface area contributed by atoms with Crippen molar-refractivity contribution in [3.8, 4) is 0 Å². The summed E-state index contributed by atoms with van der Waals surface area (Å²) in [5.41, 5.74) is 1.95. The first kappa shape index (κ1) is 21.2. The zero-order chi connectivity index (χ0) is 17.9. The minimum absolute atomic E-state index is 0. The zero-order valence-electron chi connectivity index (χ0n) is 15.1. The summed E-state index contributed by atoms with van der Waals surface area (Å²) in [5.74, 6) is 0.701. The van der Waals surface area contributed by atoms with Crippen molar-refractivity contribution in [1.82, 2.24) is 14.9 Å². The molecule has 8 heteroatoms. The second-order valence-electron chi connectivity index (χ2n) is 7.22.